The summed E-state index contributed by atoms with van der Waals surface area (Å²) in [6, 6.07) is 10.3. The zero-order chi connectivity index (χ0) is 16.2. The van der Waals surface area contributed by atoms with E-state index in [1.54, 1.807) is 48.8 Å². The van der Waals surface area contributed by atoms with Gasteiger partial charge < -0.3 is 0 Å². The van der Waals surface area contributed by atoms with Crippen molar-refractivity contribution in [2.75, 3.05) is 0 Å². The third-order valence-electron chi connectivity index (χ3n) is 3.24. The van der Waals surface area contributed by atoms with Gasteiger partial charge in [-0.25, -0.2) is 0 Å². The molecule has 2 N–H and O–H groups in total. The van der Waals surface area contributed by atoms with Crippen LogP contribution in [0, 0.1) is 0 Å². The van der Waals surface area contributed by atoms with Crippen molar-refractivity contribution in [3.63, 3.8) is 0 Å². The highest BCUT2D eigenvalue weighted by Gasteiger charge is 2.11. The van der Waals surface area contributed by atoms with Crippen molar-refractivity contribution in [3.05, 3.63) is 64.7 Å². The number of aromatic amines is 2. The number of ketones is 1. The first-order valence-electron chi connectivity index (χ1n) is 6.89. The second kappa shape index (κ2) is 6.18. The van der Waals surface area contributed by atoms with Gasteiger partial charge in [-0.15, -0.1) is 5.11 Å². The Bertz CT molecular complexity index is 925. The van der Waals surface area contributed by atoms with E-state index in [2.05, 4.69) is 25.4 Å². The Morgan fingerprint density at radius 3 is 2.61 bits per heavy atom. The molecule has 1 aromatic carbocycles. The van der Waals surface area contributed by atoms with Crippen LogP contribution in [0.3, 0.4) is 0 Å². The molecule has 0 bridgehead atoms. The van der Waals surface area contributed by atoms with Gasteiger partial charge in [-0.3, -0.25) is 24.8 Å². The normalized spacial score (nSPS) is 11.0. The van der Waals surface area contributed by atoms with Gasteiger partial charge in [-0.1, -0.05) is 12.1 Å². The van der Waals surface area contributed by atoms with Crippen molar-refractivity contribution in [1.29, 1.82) is 0 Å². The molecule has 0 saturated heterocycles. The topological polar surface area (TPSA) is 103 Å². The van der Waals surface area contributed by atoms with Crippen LogP contribution in [0.2, 0.25) is 0 Å². The number of carbonyl (C=O) groups is 1. The molecule has 0 unspecified atom stereocenters. The maximum atomic E-state index is 11.9. The number of nitrogens with zero attached hydrogens (tertiary/aromatic N) is 3. The van der Waals surface area contributed by atoms with Gasteiger partial charge in [0, 0.05) is 23.5 Å². The van der Waals surface area contributed by atoms with E-state index in [9.17, 15) is 9.59 Å². The van der Waals surface area contributed by atoms with Crippen LogP contribution in [0.25, 0.3) is 11.3 Å². The Morgan fingerprint density at radius 2 is 1.87 bits per heavy atom. The molecule has 7 nitrogen and oxygen atoms in total. The summed E-state index contributed by atoms with van der Waals surface area (Å²) >= 11 is 0. The van der Waals surface area contributed by atoms with Gasteiger partial charge in [-0.2, -0.15) is 5.11 Å². The average Bonchev–Trinajstić information content (AvgIpc) is 2.95. The van der Waals surface area contributed by atoms with Crippen LogP contribution in [0.1, 0.15) is 17.3 Å². The first-order chi connectivity index (χ1) is 11.1. The summed E-state index contributed by atoms with van der Waals surface area (Å²) in [6.07, 6.45) is 3.25. The van der Waals surface area contributed by atoms with E-state index in [0.29, 0.717) is 16.9 Å². The van der Waals surface area contributed by atoms with E-state index in [-0.39, 0.29) is 17.0 Å². The molecule has 0 spiro atoms. The smallest absolute Gasteiger partial charge is 0.292 e. The van der Waals surface area contributed by atoms with Gasteiger partial charge in [0.25, 0.3) is 5.56 Å². The van der Waals surface area contributed by atoms with Gasteiger partial charge in [0.05, 0.1) is 11.4 Å². The van der Waals surface area contributed by atoms with Gasteiger partial charge in [0.1, 0.15) is 0 Å². The van der Waals surface area contributed by atoms with Gasteiger partial charge in [0.2, 0.25) is 0 Å². The molecule has 3 rings (SSSR count). The number of rotatable bonds is 4. The molecule has 0 radical (unpaired) electrons. The number of azo groups is 1. The van der Waals surface area contributed by atoms with Gasteiger partial charge in [-0.05, 0) is 31.2 Å². The quantitative estimate of drug-likeness (QED) is 0.570. The van der Waals surface area contributed by atoms with E-state index in [1.807, 2.05) is 0 Å². The zero-order valence-corrected chi connectivity index (χ0v) is 12.3. The number of hydrogen-bond donors (Lipinski definition) is 2. The monoisotopic (exact) mass is 307 g/mol. The van der Waals surface area contributed by atoms with Crippen LogP contribution in [0.5, 0.6) is 0 Å². The van der Waals surface area contributed by atoms with E-state index in [0.717, 1.165) is 5.56 Å². The number of hydrogen-bond acceptors (Lipinski definition) is 5. The molecular weight excluding hydrogens is 294 g/mol. The number of H-pyrrole nitrogens is 2. The van der Waals surface area contributed by atoms with E-state index >= 15 is 0 Å². The highest BCUT2D eigenvalue weighted by Crippen LogP contribution is 2.26. The third kappa shape index (κ3) is 3.13. The van der Waals surface area contributed by atoms with Crippen molar-refractivity contribution in [2.45, 2.75) is 6.92 Å². The number of nitrogens with one attached hydrogen (secondary N) is 2. The fourth-order valence-electron chi connectivity index (χ4n) is 2.07. The molecule has 0 saturated carbocycles. The zero-order valence-electron chi connectivity index (χ0n) is 12.3. The number of aromatic nitrogens is 3. The lowest BCUT2D eigenvalue weighted by Crippen LogP contribution is -1.96. The minimum absolute atomic E-state index is 0.0565. The Labute approximate surface area is 131 Å². The first kappa shape index (κ1) is 14.6. The van der Waals surface area contributed by atoms with E-state index in [1.165, 1.54) is 6.92 Å². The van der Waals surface area contributed by atoms with Gasteiger partial charge in [0.15, 0.2) is 11.5 Å². The maximum Gasteiger partial charge on any atom is 0.292 e. The van der Waals surface area contributed by atoms with Crippen LogP contribution >= 0.6 is 0 Å². The Hall–Kier alpha value is -3.35. The maximum absolute atomic E-state index is 11.9. The molecule has 0 fully saturated rings. The highest BCUT2D eigenvalue weighted by atomic mass is 16.1. The molecule has 0 amide bonds. The molecule has 2 heterocycles. The number of benzene rings is 1. The molecule has 7 heteroatoms. The predicted octanol–water partition coefficient (Wildman–Crippen LogP) is 3.38. The lowest BCUT2D eigenvalue weighted by molar-refractivity contribution is 0.101. The lowest BCUT2D eigenvalue weighted by atomic mass is 10.1. The second-order valence-electron chi connectivity index (χ2n) is 4.85. The predicted molar refractivity (Wildman–Crippen MR) is 85.3 cm³/mol. The summed E-state index contributed by atoms with van der Waals surface area (Å²) in [7, 11) is 0. The Balaban J connectivity index is 1.98. The molecule has 0 aliphatic rings. The van der Waals surface area contributed by atoms with Crippen LogP contribution in [-0.2, 0) is 0 Å². The molecule has 0 atom stereocenters. The SMILES string of the molecule is CC(=O)c1cccc(N=Nc2c(-c3ccncc3)[nH][nH]c2=O)c1. The summed E-state index contributed by atoms with van der Waals surface area (Å²) in [5.41, 5.74) is 2.14. The van der Waals surface area contributed by atoms with Crippen LogP contribution in [-0.4, -0.2) is 21.0 Å². The molecule has 3 aromatic rings. The second-order valence-corrected chi connectivity index (χ2v) is 4.85. The van der Waals surface area contributed by atoms with Crippen molar-refractivity contribution in [3.8, 4) is 11.3 Å². The largest absolute Gasteiger partial charge is 0.295 e. The van der Waals surface area contributed by atoms with Crippen molar-refractivity contribution >= 4 is 17.2 Å². The first-order valence-corrected chi connectivity index (χ1v) is 6.89. The third-order valence-corrected chi connectivity index (χ3v) is 3.24. The summed E-state index contributed by atoms with van der Waals surface area (Å²) in [6.45, 7) is 1.48. The van der Waals surface area contributed by atoms with Crippen molar-refractivity contribution in [1.82, 2.24) is 15.2 Å². The standard InChI is InChI=1S/C16H13N5O2/c1-10(22)12-3-2-4-13(9-12)18-20-15-14(19-21-16(15)23)11-5-7-17-8-6-11/h2-9H,1H3,(H2,19,21,23). The van der Waals surface area contributed by atoms with E-state index in [4.69, 9.17) is 0 Å². The van der Waals surface area contributed by atoms with Crippen LogP contribution < -0.4 is 5.56 Å². The summed E-state index contributed by atoms with van der Waals surface area (Å²) in [5.74, 6) is -0.0565. The molecule has 23 heavy (non-hydrogen) atoms. The van der Waals surface area contributed by atoms with Crippen molar-refractivity contribution < 1.29 is 4.79 Å². The fourth-order valence-corrected chi connectivity index (χ4v) is 2.07. The number of carbonyl (C=O) groups excluding carboxylic acids is 1. The van der Waals surface area contributed by atoms with Crippen molar-refractivity contribution in [2.24, 2.45) is 10.2 Å². The minimum atomic E-state index is -0.372. The summed E-state index contributed by atoms with van der Waals surface area (Å²) in [4.78, 5) is 27.2. The Kier molecular flexibility index (Phi) is 3.92. The molecule has 2 aromatic heterocycles. The van der Waals surface area contributed by atoms with Gasteiger partial charge >= 0.3 is 0 Å². The number of pyridine rings is 1. The summed E-state index contributed by atoms with van der Waals surface area (Å²) < 4.78 is 0. The number of Topliss-reactive ketones (excluding diaryl/α,β-unsaturated/α-hetero) is 1. The van der Waals surface area contributed by atoms with E-state index < -0.39 is 0 Å². The minimum Gasteiger partial charge on any atom is -0.295 e. The molecular formula is C16H13N5O2. The van der Waals surface area contributed by atoms with Crippen LogP contribution in [0.15, 0.2) is 63.8 Å². The van der Waals surface area contributed by atoms with Crippen LogP contribution in [0.4, 0.5) is 11.4 Å². The average molecular weight is 307 g/mol. The lowest BCUT2D eigenvalue weighted by Gasteiger charge is -1.98. The summed E-state index contributed by atoms with van der Waals surface area (Å²) in [5, 5.41) is 13.4. The highest BCUT2D eigenvalue weighted by molar-refractivity contribution is 5.94. The molecule has 114 valence electrons. The fraction of sp³-hybridized carbons (Fsp3) is 0.0625. The Morgan fingerprint density at radius 1 is 1.09 bits per heavy atom. The molecule has 0 aliphatic heterocycles. The molecule has 0 aliphatic carbocycles.